The molecule has 0 radical (unpaired) electrons. The zero-order chi connectivity index (χ0) is 12.4. The predicted octanol–water partition coefficient (Wildman–Crippen LogP) is 2.74. The number of aromatic nitrogens is 2. The highest BCUT2D eigenvalue weighted by Crippen LogP contribution is 2.29. The van der Waals surface area contributed by atoms with E-state index < -0.39 is 0 Å². The molecule has 0 aromatic carbocycles. The van der Waals surface area contributed by atoms with Crippen LogP contribution in [0.5, 0.6) is 0 Å². The lowest BCUT2D eigenvalue weighted by Gasteiger charge is -2.11. The standard InChI is InChI=1S/C12H14N2O3S/c1-8-10(4-6-15-8)18-7-11-13-12(14-17-11)9-3-2-5-16-9/h2-3,5,8,10H,4,6-7H2,1H3/t8-,10+/m0/s1. The van der Waals surface area contributed by atoms with Crippen LogP contribution in [0.3, 0.4) is 0 Å². The first-order valence-electron chi connectivity index (χ1n) is 5.92. The molecule has 2 aromatic rings. The highest BCUT2D eigenvalue weighted by atomic mass is 32.2. The summed E-state index contributed by atoms with van der Waals surface area (Å²) in [6, 6.07) is 3.62. The molecule has 18 heavy (non-hydrogen) atoms. The van der Waals surface area contributed by atoms with Crippen LogP contribution in [0.15, 0.2) is 27.3 Å². The molecule has 1 saturated heterocycles. The van der Waals surface area contributed by atoms with Crippen LogP contribution in [0.2, 0.25) is 0 Å². The quantitative estimate of drug-likeness (QED) is 0.848. The van der Waals surface area contributed by atoms with Crippen LogP contribution < -0.4 is 0 Å². The van der Waals surface area contributed by atoms with E-state index in [2.05, 4.69) is 17.1 Å². The molecule has 1 aliphatic rings. The first kappa shape index (κ1) is 11.8. The van der Waals surface area contributed by atoms with Gasteiger partial charge in [0.05, 0.1) is 18.1 Å². The van der Waals surface area contributed by atoms with Gasteiger partial charge < -0.3 is 13.7 Å². The molecule has 0 spiro atoms. The fourth-order valence-corrected chi connectivity index (χ4v) is 3.02. The predicted molar refractivity (Wildman–Crippen MR) is 67.1 cm³/mol. The molecule has 0 saturated carbocycles. The molecule has 3 heterocycles. The van der Waals surface area contributed by atoms with Crippen molar-refractivity contribution in [3.05, 3.63) is 24.3 Å². The van der Waals surface area contributed by atoms with E-state index >= 15 is 0 Å². The Morgan fingerprint density at radius 2 is 2.44 bits per heavy atom. The van der Waals surface area contributed by atoms with Crippen molar-refractivity contribution in [2.24, 2.45) is 0 Å². The smallest absolute Gasteiger partial charge is 0.238 e. The summed E-state index contributed by atoms with van der Waals surface area (Å²) < 4.78 is 15.9. The highest BCUT2D eigenvalue weighted by Gasteiger charge is 2.25. The van der Waals surface area contributed by atoms with Crippen LogP contribution in [0, 0.1) is 0 Å². The first-order valence-corrected chi connectivity index (χ1v) is 6.97. The Balaban J connectivity index is 1.60. The van der Waals surface area contributed by atoms with Crippen molar-refractivity contribution in [1.29, 1.82) is 0 Å². The Kier molecular flexibility index (Phi) is 3.38. The van der Waals surface area contributed by atoms with E-state index in [0.29, 0.717) is 34.6 Å². The molecular formula is C12H14N2O3S. The zero-order valence-electron chi connectivity index (χ0n) is 10.0. The summed E-state index contributed by atoms with van der Waals surface area (Å²) in [5.41, 5.74) is 0. The summed E-state index contributed by atoms with van der Waals surface area (Å²) in [7, 11) is 0. The highest BCUT2D eigenvalue weighted by molar-refractivity contribution is 7.99. The number of rotatable bonds is 4. The molecule has 6 heteroatoms. The van der Waals surface area contributed by atoms with Gasteiger partial charge in [0.2, 0.25) is 11.7 Å². The average Bonchev–Trinajstić information content (AvgIpc) is 3.08. The molecule has 1 aliphatic heterocycles. The van der Waals surface area contributed by atoms with Crippen LogP contribution in [0.25, 0.3) is 11.6 Å². The number of ether oxygens (including phenoxy) is 1. The van der Waals surface area contributed by atoms with Gasteiger partial charge in [0.1, 0.15) is 0 Å². The minimum atomic E-state index is 0.308. The Bertz CT molecular complexity index is 497. The largest absolute Gasteiger partial charge is 0.461 e. The van der Waals surface area contributed by atoms with E-state index in [4.69, 9.17) is 13.7 Å². The molecule has 0 N–H and O–H groups in total. The van der Waals surface area contributed by atoms with Gasteiger partial charge in [-0.2, -0.15) is 4.98 Å². The Hall–Kier alpha value is -1.27. The fourth-order valence-electron chi connectivity index (χ4n) is 1.93. The molecule has 0 amide bonds. The third kappa shape index (κ3) is 2.44. The molecule has 96 valence electrons. The van der Waals surface area contributed by atoms with Crippen molar-refractivity contribution in [2.75, 3.05) is 6.61 Å². The van der Waals surface area contributed by atoms with Crippen molar-refractivity contribution >= 4 is 11.8 Å². The normalized spacial score (nSPS) is 23.6. The average molecular weight is 266 g/mol. The fraction of sp³-hybridized carbons (Fsp3) is 0.500. The van der Waals surface area contributed by atoms with Gasteiger partial charge in [0, 0.05) is 11.9 Å². The second-order valence-electron chi connectivity index (χ2n) is 4.20. The van der Waals surface area contributed by atoms with Gasteiger partial charge >= 0.3 is 0 Å². The minimum Gasteiger partial charge on any atom is -0.461 e. The minimum absolute atomic E-state index is 0.308. The van der Waals surface area contributed by atoms with E-state index in [1.54, 1.807) is 24.1 Å². The van der Waals surface area contributed by atoms with Gasteiger partial charge in [0.25, 0.3) is 0 Å². The Morgan fingerprint density at radius 3 is 3.17 bits per heavy atom. The van der Waals surface area contributed by atoms with Crippen LogP contribution in [-0.2, 0) is 10.5 Å². The maximum Gasteiger partial charge on any atom is 0.238 e. The van der Waals surface area contributed by atoms with Gasteiger partial charge in [-0.3, -0.25) is 0 Å². The van der Waals surface area contributed by atoms with E-state index in [9.17, 15) is 0 Å². The Labute approximate surface area is 109 Å². The molecule has 1 fully saturated rings. The van der Waals surface area contributed by atoms with Crippen LogP contribution in [-0.4, -0.2) is 28.1 Å². The van der Waals surface area contributed by atoms with Crippen molar-refractivity contribution in [2.45, 2.75) is 30.5 Å². The maximum atomic E-state index is 5.52. The molecule has 0 unspecified atom stereocenters. The van der Waals surface area contributed by atoms with E-state index in [1.165, 1.54) is 0 Å². The third-order valence-electron chi connectivity index (χ3n) is 2.94. The molecule has 2 atom stereocenters. The molecule has 2 aromatic heterocycles. The van der Waals surface area contributed by atoms with Gasteiger partial charge in [0.15, 0.2) is 5.76 Å². The van der Waals surface area contributed by atoms with E-state index in [1.807, 2.05) is 6.07 Å². The topological polar surface area (TPSA) is 61.3 Å². The lowest BCUT2D eigenvalue weighted by Crippen LogP contribution is -2.13. The lowest BCUT2D eigenvalue weighted by molar-refractivity contribution is 0.127. The second kappa shape index (κ2) is 5.16. The van der Waals surface area contributed by atoms with Crippen LogP contribution >= 0.6 is 11.8 Å². The van der Waals surface area contributed by atoms with Crippen molar-refractivity contribution < 1.29 is 13.7 Å². The number of hydrogen-bond donors (Lipinski definition) is 0. The van der Waals surface area contributed by atoms with Crippen LogP contribution in [0.1, 0.15) is 19.2 Å². The monoisotopic (exact) mass is 266 g/mol. The van der Waals surface area contributed by atoms with Gasteiger partial charge in [-0.1, -0.05) is 5.16 Å². The number of nitrogens with zero attached hydrogens (tertiary/aromatic N) is 2. The molecule has 3 rings (SSSR count). The summed E-state index contributed by atoms with van der Waals surface area (Å²) in [4.78, 5) is 4.31. The number of hydrogen-bond acceptors (Lipinski definition) is 6. The molecular weight excluding hydrogens is 252 g/mol. The first-order chi connectivity index (χ1) is 8.83. The summed E-state index contributed by atoms with van der Waals surface area (Å²) >= 11 is 1.80. The van der Waals surface area contributed by atoms with Crippen LogP contribution in [0.4, 0.5) is 0 Å². The van der Waals surface area contributed by atoms with E-state index in [-0.39, 0.29) is 0 Å². The van der Waals surface area contributed by atoms with Crippen molar-refractivity contribution in [3.8, 4) is 11.6 Å². The van der Waals surface area contributed by atoms with Gasteiger partial charge in [-0.05, 0) is 25.5 Å². The summed E-state index contributed by atoms with van der Waals surface area (Å²) in [6.07, 6.45) is 2.99. The lowest BCUT2D eigenvalue weighted by atomic mass is 10.3. The SMILES string of the molecule is C[C@@H]1OCC[C@H]1SCc1nc(-c2ccco2)no1. The maximum absolute atomic E-state index is 5.52. The second-order valence-corrected chi connectivity index (χ2v) is 5.43. The summed E-state index contributed by atoms with van der Waals surface area (Å²) in [5.74, 6) is 2.48. The summed E-state index contributed by atoms with van der Waals surface area (Å²) in [6.45, 7) is 2.95. The van der Waals surface area contributed by atoms with Gasteiger partial charge in [-0.25, -0.2) is 0 Å². The number of thioether (sulfide) groups is 1. The zero-order valence-corrected chi connectivity index (χ0v) is 10.9. The van der Waals surface area contributed by atoms with Crippen molar-refractivity contribution in [1.82, 2.24) is 10.1 Å². The van der Waals surface area contributed by atoms with Gasteiger partial charge in [-0.15, -0.1) is 11.8 Å². The Morgan fingerprint density at radius 1 is 1.50 bits per heavy atom. The number of furan rings is 1. The molecule has 0 bridgehead atoms. The van der Waals surface area contributed by atoms with Crippen molar-refractivity contribution in [3.63, 3.8) is 0 Å². The summed E-state index contributed by atoms with van der Waals surface area (Å²) in [5, 5.41) is 4.42. The van der Waals surface area contributed by atoms with E-state index in [0.717, 1.165) is 13.0 Å². The third-order valence-corrected chi connectivity index (χ3v) is 4.40. The molecule has 0 aliphatic carbocycles. The molecule has 5 nitrogen and oxygen atoms in total.